The van der Waals surface area contributed by atoms with Crippen LogP contribution in [-0.4, -0.2) is 24.3 Å². The zero-order chi connectivity index (χ0) is 17.4. The first-order chi connectivity index (χ1) is 11.5. The summed E-state index contributed by atoms with van der Waals surface area (Å²) >= 11 is 1.34. The van der Waals surface area contributed by atoms with E-state index in [2.05, 4.69) is 16.2 Å². The van der Waals surface area contributed by atoms with E-state index in [0.717, 1.165) is 4.88 Å². The summed E-state index contributed by atoms with van der Waals surface area (Å²) in [7, 11) is 0. The van der Waals surface area contributed by atoms with Gasteiger partial charge >= 0.3 is 0 Å². The molecule has 2 rings (SSSR count). The zero-order valence-electron chi connectivity index (χ0n) is 13.0. The van der Waals surface area contributed by atoms with Crippen LogP contribution >= 0.6 is 11.3 Å². The number of nitrogens with one attached hydrogen (secondary N) is 3. The van der Waals surface area contributed by atoms with Gasteiger partial charge in [0.05, 0.1) is 11.1 Å². The summed E-state index contributed by atoms with van der Waals surface area (Å²) < 4.78 is 5.05. The second kappa shape index (κ2) is 8.68. The average molecular weight is 347 g/mol. The van der Waals surface area contributed by atoms with Gasteiger partial charge in [0, 0.05) is 23.9 Å². The van der Waals surface area contributed by atoms with Crippen molar-refractivity contribution >= 4 is 35.1 Å². The quantitative estimate of drug-likeness (QED) is 0.546. The Balaban J connectivity index is 1.62. The van der Waals surface area contributed by atoms with Gasteiger partial charge in [-0.05, 0) is 37.3 Å². The molecule has 7 nitrogen and oxygen atoms in total. The summed E-state index contributed by atoms with van der Waals surface area (Å²) in [6, 6.07) is 6.95. The van der Waals surface area contributed by atoms with Crippen LogP contribution in [0.15, 0.2) is 41.0 Å². The van der Waals surface area contributed by atoms with Crippen molar-refractivity contribution in [2.24, 2.45) is 0 Å². The molecule has 0 unspecified atom stereocenters. The Labute approximate surface area is 142 Å². The summed E-state index contributed by atoms with van der Waals surface area (Å²) in [6.45, 7) is 2.05. The summed E-state index contributed by atoms with van der Waals surface area (Å²) in [5.41, 5.74) is 4.63. The van der Waals surface area contributed by atoms with Crippen molar-refractivity contribution in [1.82, 2.24) is 16.2 Å². The molecule has 0 bridgehead atoms. The maximum Gasteiger partial charge on any atom is 0.279 e. The van der Waals surface area contributed by atoms with Crippen molar-refractivity contribution < 1.29 is 18.8 Å². The van der Waals surface area contributed by atoms with Crippen molar-refractivity contribution in [2.45, 2.75) is 13.3 Å². The number of amides is 3. The molecule has 3 N–H and O–H groups in total. The second-order valence-corrected chi connectivity index (χ2v) is 6.09. The predicted molar refractivity (Wildman–Crippen MR) is 90.0 cm³/mol. The topological polar surface area (TPSA) is 100 Å². The van der Waals surface area contributed by atoms with Crippen molar-refractivity contribution in [2.75, 3.05) is 6.54 Å². The van der Waals surface area contributed by atoms with Gasteiger partial charge < -0.3 is 9.73 Å². The van der Waals surface area contributed by atoms with Gasteiger partial charge in [-0.25, -0.2) is 0 Å². The summed E-state index contributed by atoms with van der Waals surface area (Å²) in [5.74, 6) is -0.537. The van der Waals surface area contributed by atoms with E-state index in [1.54, 1.807) is 18.2 Å². The smallest absolute Gasteiger partial charge is 0.279 e. The third-order valence-corrected chi connectivity index (χ3v) is 3.87. The van der Waals surface area contributed by atoms with Crippen LogP contribution in [0.1, 0.15) is 26.7 Å². The number of carbonyl (C=O) groups excluding carboxylic acids is 3. The van der Waals surface area contributed by atoms with Gasteiger partial charge in [-0.3, -0.25) is 25.2 Å². The minimum Gasteiger partial charge on any atom is -0.465 e. The van der Waals surface area contributed by atoms with Crippen LogP contribution < -0.4 is 16.2 Å². The van der Waals surface area contributed by atoms with Gasteiger partial charge in [-0.15, -0.1) is 11.3 Å². The lowest BCUT2D eigenvalue weighted by Crippen LogP contribution is -2.42. The van der Waals surface area contributed by atoms with Gasteiger partial charge in [0.15, 0.2) is 0 Å². The molecule has 0 aromatic carbocycles. The highest BCUT2D eigenvalue weighted by Crippen LogP contribution is 2.14. The first-order valence-corrected chi connectivity index (χ1v) is 8.01. The molecule has 2 heterocycles. The fourth-order valence-electron chi connectivity index (χ4n) is 1.71. The molecule has 0 atom stereocenters. The van der Waals surface area contributed by atoms with E-state index in [9.17, 15) is 14.4 Å². The number of thiophene rings is 1. The van der Waals surface area contributed by atoms with Crippen LogP contribution in [0.4, 0.5) is 0 Å². The molecule has 2 aromatic rings. The van der Waals surface area contributed by atoms with Crippen LogP contribution in [0.2, 0.25) is 0 Å². The Kier molecular flexibility index (Phi) is 6.32. The molecule has 0 spiro atoms. The van der Waals surface area contributed by atoms with Crippen molar-refractivity contribution in [1.29, 1.82) is 0 Å². The maximum atomic E-state index is 11.7. The Morgan fingerprint density at radius 2 is 2.04 bits per heavy atom. The van der Waals surface area contributed by atoms with E-state index in [4.69, 9.17) is 4.42 Å². The fraction of sp³-hybridized carbons (Fsp3) is 0.188. The number of hydrogen-bond acceptors (Lipinski definition) is 5. The van der Waals surface area contributed by atoms with E-state index in [1.165, 1.54) is 29.8 Å². The molecule has 2 aromatic heterocycles. The van der Waals surface area contributed by atoms with E-state index in [1.807, 2.05) is 13.0 Å². The molecule has 0 saturated carbocycles. The molecule has 0 radical (unpaired) electrons. The van der Waals surface area contributed by atoms with Gasteiger partial charge in [-0.2, -0.15) is 0 Å². The Morgan fingerprint density at radius 1 is 1.21 bits per heavy atom. The predicted octanol–water partition coefficient (Wildman–Crippen LogP) is 1.63. The third-order valence-electron chi connectivity index (χ3n) is 2.87. The highest BCUT2D eigenvalue weighted by atomic mass is 32.1. The first-order valence-electron chi connectivity index (χ1n) is 7.19. The number of hydrazine groups is 1. The summed E-state index contributed by atoms with van der Waals surface area (Å²) in [4.78, 5) is 36.4. The van der Waals surface area contributed by atoms with Gasteiger partial charge in [-0.1, -0.05) is 0 Å². The molecule has 0 fully saturated rings. The number of furan rings is 1. The lowest BCUT2D eigenvalue weighted by atomic mass is 10.3. The van der Waals surface area contributed by atoms with E-state index >= 15 is 0 Å². The summed E-state index contributed by atoms with van der Waals surface area (Å²) in [5, 5.41) is 2.56. The van der Waals surface area contributed by atoms with E-state index in [0.29, 0.717) is 10.6 Å². The minimum atomic E-state index is -0.396. The van der Waals surface area contributed by atoms with Crippen LogP contribution in [-0.2, 0) is 9.59 Å². The lowest BCUT2D eigenvalue weighted by molar-refractivity contribution is -0.122. The summed E-state index contributed by atoms with van der Waals surface area (Å²) in [6.07, 6.45) is 4.40. The molecule has 8 heteroatoms. The number of hydrogen-bond donors (Lipinski definition) is 3. The highest BCUT2D eigenvalue weighted by molar-refractivity contribution is 7.13. The molecular formula is C16H17N3O4S. The zero-order valence-corrected chi connectivity index (χ0v) is 13.8. The first kappa shape index (κ1) is 17.5. The van der Waals surface area contributed by atoms with Crippen LogP contribution in [0.5, 0.6) is 0 Å². The Hall–Kier alpha value is -2.87. The molecule has 0 aliphatic rings. The molecule has 24 heavy (non-hydrogen) atoms. The van der Waals surface area contributed by atoms with E-state index in [-0.39, 0.29) is 24.8 Å². The van der Waals surface area contributed by atoms with E-state index < -0.39 is 5.91 Å². The van der Waals surface area contributed by atoms with Crippen LogP contribution in [0.3, 0.4) is 0 Å². The van der Waals surface area contributed by atoms with Gasteiger partial charge in [0.25, 0.3) is 5.91 Å². The van der Waals surface area contributed by atoms with Crippen molar-refractivity contribution in [3.8, 4) is 0 Å². The number of rotatable bonds is 6. The molecule has 0 aliphatic heterocycles. The monoisotopic (exact) mass is 347 g/mol. The third kappa shape index (κ3) is 5.73. The maximum absolute atomic E-state index is 11.7. The normalized spacial score (nSPS) is 10.5. The SMILES string of the molecule is Cc1ccc(C(=O)NNC(=O)CCNC(=O)/C=C/c2ccco2)s1. The Bertz CT molecular complexity index is 734. The minimum absolute atomic E-state index is 0.0457. The van der Waals surface area contributed by atoms with Gasteiger partial charge in [0.1, 0.15) is 5.76 Å². The van der Waals surface area contributed by atoms with Crippen molar-refractivity contribution in [3.05, 3.63) is 52.1 Å². The van der Waals surface area contributed by atoms with Crippen LogP contribution in [0, 0.1) is 6.92 Å². The van der Waals surface area contributed by atoms with Crippen LogP contribution in [0.25, 0.3) is 6.08 Å². The standard InChI is InChI=1S/C16H17N3O4S/c1-11-4-6-13(24-11)16(22)19-18-15(21)8-9-17-14(20)7-5-12-3-2-10-23-12/h2-7,10H,8-9H2,1H3,(H,17,20)(H,18,21)(H,19,22)/b7-5+. The largest absolute Gasteiger partial charge is 0.465 e. The Morgan fingerprint density at radius 3 is 2.71 bits per heavy atom. The second-order valence-electron chi connectivity index (χ2n) is 4.80. The molecule has 0 aliphatic carbocycles. The lowest BCUT2D eigenvalue weighted by Gasteiger charge is -2.06. The average Bonchev–Trinajstić information content (AvgIpc) is 3.22. The molecule has 126 valence electrons. The number of aryl methyl sites for hydroxylation is 1. The molecule has 3 amide bonds. The van der Waals surface area contributed by atoms with Gasteiger partial charge in [0.2, 0.25) is 11.8 Å². The highest BCUT2D eigenvalue weighted by Gasteiger charge is 2.09. The molecular weight excluding hydrogens is 330 g/mol. The number of carbonyl (C=O) groups is 3. The van der Waals surface area contributed by atoms with Crippen molar-refractivity contribution in [3.63, 3.8) is 0 Å². The molecule has 0 saturated heterocycles. The fourth-order valence-corrected chi connectivity index (χ4v) is 2.47.